The molecule has 13 nitrogen and oxygen atoms in total. The number of nitrogens with two attached hydrogens (primary N) is 1. The Morgan fingerprint density at radius 2 is 2.02 bits per heavy atom. The monoisotopic (exact) mass is 612 g/mol. The third-order valence-electron chi connectivity index (χ3n) is 5.84. The molecule has 4 N–H and O–H groups in total. The van der Waals surface area contributed by atoms with E-state index < -0.39 is 22.6 Å². The number of aromatic nitrogens is 3. The molecule has 40 heavy (non-hydrogen) atoms. The minimum atomic E-state index is -0.796. The summed E-state index contributed by atoms with van der Waals surface area (Å²) in [7, 11) is 3.65. The SMILES string of the molecule is C[N+](C)(C/C=C/C(=O)Nc1cc2c(Nc3ccc(Br)c(F)c3)ncnc2cn1)CC1=C([N+](=O)[O-])N=C(C(N)=O)C1. The summed E-state index contributed by atoms with van der Waals surface area (Å²) in [6, 6.07) is 6.16. The number of quaternary nitrogens is 1. The lowest BCUT2D eigenvalue weighted by atomic mass is 10.1. The fourth-order valence-electron chi connectivity index (χ4n) is 4.00. The van der Waals surface area contributed by atoms with Crippen LogP contribution in [0.5, 0.6) is 0 Å². The predicted octanol–water partition coefficient (Wildman–Crippen LogP) is 3.06. The first-order valence-electron chi connectivity index (χ1n) is 11.8. The number of carbonyl (C=O) groups excluding carboxylic acids is 2. The summed E-state index contributed by atoms with van der Waals surface area (Å²) < 4.78 is 14.5. The highest BCUT2D eigenvalue weighted by Gasteiger charge is 2.35. The van der Waals surface area contributed by atoms with Gasteiger partial charge in [-0.2, -0.15) is 0 Å². The van der Waals surface area contributed by atoms with Crippen LogP contribution in [0, 0.1) is 15.9 Å². The number of nitrogens with zero attached hydrogens (tertiary/aromatic N) is 6. The van der Waals surface area contributed by atoms with E-state index in [1.165, 1.54) is 24.7 Å². The van der Waals surface area contributed by atoms with Gasteiger partial charge in [-0.1, -0.05) is 0 Å². The molecule has 2 aromatic heterocycles. The maximum atomic E-state index is 13.9. The van der Waals surface area contributed by atoms with Crippen LogP contribution in [0.1, 0.15) is 6.42 Å². The van der Waals surface area contributed by atoms with Crippen LogP contribution in [0.2, 0.25) is 0 Å². The lowest BCUT2D eigenvalue weighted by Crippen LogP contribution is -2.41. The van der Waals surface area contributed by atoms with Gasteiger partial charge in [0.05, 0.1) is 48.8 Å². The second kappa shape index (κ2) is 11.6. The number of likely N-dealkylation sites (N-methyl/N-ethyl adjacent to an activating group) is 1. The molecule has 0 atom stereocenters. The first-order valence-corrected chi connectivity index (χ1v) is 12.6. The molecule has 0 unspecified atom stereocenters. The fraction of sp³-hybridized carbons (Fsp3) is 0.200. The first kappa shape index (κ1) is 28.4. The second-order valence-corrected chi connectivity index (χ2v) is 10.4. The lowest BCUT2D eigenvalue weighted by Gasteiger charge is -2.28. The third-order valence-corrected chi connectivity index (χ3v) is 6.48. The quantitative estimate of drug-likeness (QED) is 0.135. The lowest BCUT2D eigenvalue weighted by molar-refractivity contribution is -0.880. The normalized spacial score (nSPS) is 13.6. The molecule has 2 amide bonds. The number of halogens is 2. The van der Waals surface area contributed by atoms with Gasteiger partial charge in [0.15, 0.2) is 0 Å². The molecular weight excluding hydrogens is 589 g/mol. The van der Waals surface area contributed by atoms with Crippen molar-refractivity contribution in [1.29, 1.82) is 0 Å². The van der Waals surface area contributed by atoms with Crippen molar-refractivity contribution < 1.29 is 23.4 Å². The van der Waals surface area contributed by atoms with E-state index in [1.807, 2.05) is 14.1 Å². The van der Waals surface area contributed by atoms with Gasteiger partial charge in [0, 0.05) is 17.1 Å². The van der Waals surface area contributed by atoms with E-state index in [-0.39, 0.29) is 34.8 Å². The van der Waals surface area contributed by atoms with Gasteiger partial charge in [0.25, 0.3) is 5.91 Å². The fourth-order valence-corrected chi connectivity index (χ4v) is 4.24. The number of hydrogen-bond acceptors (Lipinski definition) is 9. The van der Waals surface area contributed by atoms with Gasteiger partial charge in [0.2, 0.25) is 11.6 Å². The van der Waals surface area contributed by atoms with E-state index in [2.05, 4.69) is 46.5 Å². The number of anilines is 3. The summed E-state index contributed by atoms with van der Waals surface area (Å²) in [6.45, 7) is 0.581. The molecule has 0 saturated heterocycles. The van der Waals surface area contributed by atoms with E-state index in [0.717, 1.165) is 0 Å². The van der Waals surface area contributed by atoms with Crippen LogP contribution < -0.4 is 16.4 Å². The molecule has 0 spiro atoms. The van der Waals surface area contributed by atoms with Gasteiger partial charge in [-0.05, 0) is 56.2 Å². The molecule has 0 saturated carbocycles. The average molecular weight is 613 g/mol. The van der Waals surface area contributed by atoms with Crippen molar-refractivity contribution in [1.82, 2.24) is 15.0 Å². The zero-order valence-corrected chi connectivity index (χ0v) is 23.0. The molecule has 15 heteroatoms. The molecule has 1 aliphatic heterocycles. The Kier molecular flexibility index (Phi) is 8.25. The van der Waals surface area contributed by atoms with Crippen LogP contribution in [0.15, 0.2) is 69.8 Å². The Hall–Kier alpha value is -4.63. The molecule has 3 aromatic rings. The summed E-state index contributed by atoms with van der Waals surface area (Å²) in [4.78, 5) is 51.1. The summed E-state index contributed by atoms with van der Waals surface area (Å²) >= 11 is 3.12. The highest BCUT2D eigenvalue weighted by molar-refractivity contribution is 9.10. The van der Waals surface area contributed by atoms with Crippen LogP contribution in [-0.4, -0.2) is 69.1 Å². The number of nitro groups is 1. The molecule has 0 fully saturated rings. The number of primary amides is 1. The highest BCUT2D eigenvalue weighted by Crippen LogP contribution is 2.27. The van der Waals surface area contributed by atoms with Gasteiger partial charge in [0.1, 0.15) is 30.3 Å². The molecule has 206 valence electrons. The zero-order valence-electron chi connectivity index (χ0n) is 21.4. The number of fused-ring (bicyclic) bond motifs is 1. The Morgan fingerprint density at radius 3 is 2.73 bits per heavy atom. The van der Waals surface area contributed by atoms with E-state index >= 15 is 0 Å². The number of benzene rings is 1. The number of carbonyl (C=O) groups is 2. The third kappa shape index (κ3) is 6.86. The Labute approximate surface area is 235 Å². The average Bonchev–Trinajstić information content (AvgIpc) is 3.30. The maximum absolute atomic E-state index is 13.9. The van der Waals surface area contributed by atoms with Crippen molar-refractivity contribution in [2.75, 3.05) is 37.8 Å². The van der Waals surface area contributed by atoms with Crippen molar-refractivity contribution >= 4 is 61.7 Å². The van der Waals surface area contributed by atoms with E-state index in [1.54, 1.807) is 24.3 Å². The predicted molar refractivity (Wildman–Crippen MR) is 150 cm³/mol. The van der Waals surface area contributed by atoms with E-state index in [0.29, 0.717) is 39.0 Å². The summed E-state index contributed by atoms with van der Waals surface area (Å²) in [5, 5.41) is 17.6. The number of rotatable bonds is 10. The van der Waals surface area contributed by atoms with Crippen molar-refractivity contribution in [2.45, 2.75) is 6.42 Å². The Bertz CT molecular complexity index is 1620. The Balaban J connectivity index is 1.41. The van der Waals surface area contributed by atoms with Crippen molar-refractivity contribution in [2.24, 2.45) is 10.7 Å². The minimum absolute atomic E-state index is 0.0163. The van der Waals surface area contributed by atoms with Crippen LogP contribution in [0.4, 0.5) is 21.7 Å². The molecule has 3 heterocycles. The van der Waals surface area contributed by atoms with Crippen molar-refractivity contribution in [3.8, 4) is 0 Å². The molecule has 0 radical (unpaired) electrons. The molecule has 0 bridgehead atoms. The van der Waals surface area contributed by atoms with Crippen molar-refractivity contribution in [3.63, 3.8) is 0 Å². The maximum Gasteiger partial charge on any atom is 0.369 e. The molecular formula is C25H24BrFN9O4+. The van der Waals surface area contributed by atoms with Gasteiger partial charge in [-0.3, -0.25) is 9.59 Å². The van der Waals surface area contributed by atoms with Crippen LogP contribution in [-0.2, 0) is 9.59 Å². The second-order valence-electron chi connectivity index (χ2n) is 9.51. The topological polar surface area (TPSA) is 178 Å². The standard InChI is InChI=1S/C25H23BrFN9O4/c1-36(2,12-14-8-19(23(28)38)33-25(14)35(39)40)7-3-4-22(37)34-21-10-16-20(11-29-21)30-13-31-24(16)32-15-5-6-17(26)18(27)9-15/h3-6,9-11,13H,7-8,12H2,1-2H3,(H3-,28,29,30,31,32,33,34,37,38)/p+1/b4-3+. The summed E-state index contributed by atoms with van der Waals surface area (Å²) in [6.07, 6.45) is 5.81. The highest BCUT2D eigenvalue weighted by atomic mass is 79.9. The number of amides is 2. The minimum Gasteiger partial charge on any atom is -0.363 e. The van der Waals surface area contributed by atoms with Gasteiger partial charge >= 0.3 is 5.82 Å². The summed E-state index contributed by atoms with van der Waals surface area (Å²) in [5.41, 5.74) is 6.57. The number of nitrogens with one attached hydrogen (secondary N) is 2. The van der Waals surface area contributed by atoms with Crippen LogP contribution in [0.3, 0.4) is 0 Å². The van der Waals surface area contributed by atoms with E-state index in [4.69, 9.17) is 5.73 Å². The van der Waals surface area contributed by atoms with Gasteiger partial charge < -0.3 is 31.0 Å². The molecule has 1 aromatic carbocycles. The smallest absolute Gasteiger partial charge is 0.363 e. The van der Waals surface area contributed by atoms with E-state index in [9.17, 15) is 24.1 Å². The number of pyridine rings is 1. The molecule has 0 aliphatic carbocycles. The molecule has 1 aliphatic rings. The number of hydrogen-bond donors (Lipinski definition) is 3. The van der Waals surface area contributed by atoms with Crippen molar-refractivity contribution in [3.05, 3.63) is 80.7 Å². The largest absolute Gasteiger partial charge is 0.369 e. The van der Waals surface area contributed by atoms with Crippen LogP contribution in [0.25, 0.3) is 10.9 Å². The Morgan fingerprint density at radius 1 is 1.25 bits per heavy atom. The van der Waals surface area contributed by atoms with Crippen LogP contribution >= 0.6 is 15.9 Å². The van der Waals surface area contributed by atoms with Gasteiger partial charge in [-0.15, -0.1) is 0 Å². The summed E-state index contributed by atoms with van der Waals surface area (Å²) in [5.74, 6) is -1.40. The first-order chi connectivity index (χ1) is 18.9. The van der Waals surface area contributed by atoms with Gasteiger partial charge in [-0.25, -0.2) is 19.3 Å². The number of aliphatic imine (C=N–C) groups is 1. The zero-order chi connectivity index (χ0) is 29.0. The molecule has 4 rings (SSSR count).